The van der Waals surface area contributed by atoms with E-state index in [2.05, 4.69) is 19.2 Å². The predicted octanol–water partition coefficient (Wildman–Crippen LogP) is 2.54. The first-order valence-corrected chi connectivity index (χ1v) is 8.91. The van der Waals surface area contributed by atoms with Crippen LogP contribution in [0.25, 0.3) is 0 Å². The van der Waals surface area contributed by atoms with Gasteiger partial charge in [-0.15, -0.1) is 0 Å². The van der Waals surface area contributed by atoms with E-state index in [0.717, 1.165) is 6.42 Å². The zero-order valence-electron chi connectivity index (χ0n) is 12.3. The number of halogens is 1. The lowest BCUT2D eigenvalue weighted by Gasteiger charge is -2.10. The Morgan fingerprint density at radius 1 is 1.38 bits per heavy atom. The summed E-state index contributed by atoms with van der Waals surface area (Å²) >= 11 is 0. The largest absolute Gasteiger partial charge is 0.380 e. The van der Waals surface area contributed by atoms with Gasteiger partial charge in [0, 0.05) is 29.9 Å². The quantitative estimate of drug-likeness (QED) is 0.778. The fourth-order valence-electron chi connectivity index (χ4n) is 1.77. The first kappa shape index (κ1) is 17.9. The first-order valence-electron chi connectivity index (χ1n) is 6.60. The molecule has 0 saturated carbocycles. The molecule has 0 aliphatic carbocycles. The molecule has 1 amide bonds. The van der Waals surface area contributed by atoms with Gasteiger partial charge in [-0.05, 0) is 30.0 Å². The number of hydrogen-bond donors (Lipinski definition) is 1. The lowest BCUT2D eigenvalue weighted by atomic mass is 10.1. The van der Waals surface area contributed by atoms with Crippen LogP contribution in [0.4, 0.5) is 0 Å². The Hall–Kier alpha value is -1.11. The molecule has 0 atom stereocenters. The average molecular weight is 334 g/mol. The number of ether oxygens (including phenoxy) is 1. The number of methoxy groups -OCH3 is 1. The summed E-state index contributed by atoms with van der Waals surface area (Å²) in [6.45, 7) is 4.77. The van der Waals surface area contributed by atoms with Crippen LogP contribution in [-0.2, 0) is 20.4 Å². The lowest BCUT2D eigenvalue weighted by molar-refractivity contribution is 0.0951. The molecule has 0 radical (unpaired) electrons. The number of hydrogen-bond acceptors (Lipinski definition) is 4. The van der Waals surface area contributed by atoms with Gasteiger partial charge in [0.05, 0.1) is 11.5 Å². The molecule has 0 aromatic heterocycles. The van der Waals surface area contributed by atoms with Crippen molar-refractivity contribution < 1.29 is 17.9 Å². The van der Waals surface area contributed by atoms with Crippen molar-refractivity contribution in [3.05, 3.63) is 29.3 Å². The summed E-state index contributed by atoms with van der Waals surface area (Å²) < 4.78 is 28.1. The maximum atomic E-state index is 12.0. The fourth-order valence-corrected chi connectivity index (χ4v) is 2.91. The van der Waals surface area contributed by atoms with Crippen LogP contribution in [0.15, 0.2) is 23.1 Å². The van der Waals surface area contributed by atoms with E-state index in [1.54, 1.807) is 6.07 Å². The van der Waals surface area contributed by atoms with E-state index < -0.39 is 9.05 Å². The van der Waals surface area contributed by atoms with Crippen molar-refractivity contribution in [2.75, 3.05) is 13.7 Å². The molecule has 0 spiro atoms. The summed E-state index contributed by atoms with van der Waals surface area (Å²) in [4.78, 5) is 11.9. The van der Waals surface area contributed by atoms with Crippen molar-refractivity contribution in [3.63, 3.8) is 0 Å². The van der Waals surface area contributed by atoms with Gasteiger partial charge in [0.1, 0.15) is 0 Å². The Kier molecular flexibility index (Phi) is 6.64. The molecule has 0 aliphatic rings. The van der Waals surface area contributed by atoms with Crippen molar-refractivity contribution in [2.24, 2.45) is 5.92 Å². The summed E-state index contributed by atoms with van der Waals surface area (Å²) in [6.07, 6.45) is 0.855. The molecule has 0 heterocycles. The predicted molar refractivity (Wildman–Crippen MR) is 82.0 cm³/mol. The molecule has 1 rings (SSSR count). The van der Waals surface area contributed by atoms with Crippen molar-refractivity contribution in [1.82, 2.24) is 5.32 Å². The van der Waals surface area contributed by atoms with Gasteiger partial charge in [0.25, 0.3) is 15.0 Å². The van der Waals surface area contributed by atoms with Crippen LogP contribution in [0.1, 0.15) is 36.2 Å². The summed E-state index contributed by atoms with van der Waals surface area (Å²) in [6, 6.07) is 4.38. The smallest absolute Gasteiger partial charge is 0.261 e. The molecule has 21 heavy (non-hydrogen) atoms. The van der Waals surface area contributed by atoms with Gasteiger partial charge >= 0.3 is 0 Å². The maximum Gasteiger partial charge on any atom is 0.261 e. The van der Waals surface area contributed by atoms with Gasteiger partial charge in [-0.25, -0.2) is 8.42 Å². The number of nitrogens with one attached hydrogen (secondary N) is 1. The second-order valence-corrected chi connectivity index (χ2v) is 7.67. The highest BCUT2D eigenvalue weighted by molar-refractivity contribution is 8.13. The Balaban J connectivity index is 2.97. The summed E-state index contributed by atoms with van der Waals surface area (Å²) in [7, 11) is 2.93. The molecule has 1 aromatic rings. The maximum absolute atomic E-state index is 12.0. The van der Waals surface area contributed by atoms with E-state index in [-0.39, 0.29) is 23.0 Å². The third-order valence-electron chi connectivity index (χ3n) is 2.90. The number of amides is 1. The fraction of sp³-hybridized carbons (Fsp3) is 0.500. The normalized spacial score (nSPS) is 11.7. The molecule has 118 valence electrons. The van der Waals surface area contributed by atoms with Crippen LogP contribution in [0.3, 0.4) is 0 Å². The molecule has 5 nitrogen and oxygen atoms in total. The van der Waals surface area contributed by atoms with E-state index in [9.17, 15) is 13.2 Å². The van der Waals surface area contributed by atoms with Gasteiger partial charge in [0.2, 0.25) is 0 Å². The molecular weight excluding hydrogens is 314 g/mol. The number of benzene rings is 1. The Morgan fingerprint density at radius 2 is 2.05 bits per heavy atom. The van der Waals surface area contributed by atoms with E-state index in [1.807, 2.05) is 0 Å². The number of rotatable bonds is 7. The van der Waals surface area contributed by atoms with Crippen LogP contribution in [0.5, 0.6) is 0 Å². The van der Waals surface area contributed by atoms with Gasteiger partial charge < -0.3 is 10.1 Å². The van der Waals surface area contributed by atoms with Gasteiger partial charge in [-0.1, -0.05) is 19.9 Å². The van der Waals surface area contributed by atoms with E-state index in [4.69, 9.17) is 15.4 Å². The molecule has 1 N–H and O–H groups in total. The van der Waals surface area contributed by atoms with Crippen molar-refractivity contribution in [1.29, 1.82) is 0 Å². The van der Waals surface area contributed by atoms with Crippen LogP contribution in [0, 0.1) is 5.92 Å². The molecule has 0 aliphatic heterocycles. The van der Waals surface area contributed by atoms with Crippen molar-refractivity contribution >= 4 is 25.6 Å². The van der Waals surface area contributed by atoms with Crippen LogP contribution in [-0.4, -0.2) is 28.0 Å². The summed E-state index contributed by atoms with van der Waals surface area (Å²) in [5.74, 6) is 0.161. The third-order valence-corrected chi connectivity index (χ3v) is 4.30. The van der Waals surface area contributed by atoms with Crippen LogP contribution < -0.4 is 5.32 Å². The minimum Gasteiger partial charge on any atom is -0.380 e. The van der Waals surface area contributed by atoms with Gasteiger partial charge in [-0.2, -0.15) is 0 Å². The summed E-state index contributed by atoms with van der Waals surface area (Å²) in [5.41, 5.74) is 0.684. The van der Waals surface area contributed by atoms with Crippen molar-refractivity contribution in [3.8, 4) is 0 Å². The molecular formula is C14H20ClNO4S. The second-order valence-electron chi connectivity index (χ2n) is 5.13. The minimum atomic E-state index is -3.93. The van der Waals surface area contributed by atoms with Crippen molar-refractivity contribution in [2.45, 2.75) is 31.8 Å². The number of carbonyl (C=O) groups excluding carboxylic acids is 1. The lowest BCUT2D eigenvalue weighted by Crippen LogP contribution is -2.25. The first-order chi connectivity index (χ1) is 9.75. The van der Waals surface area contributed by atoms with Gasteiger partial charge in [-0.3, -0.25) is 4.79 Å². The van der Waals surface area contributed by atoms with E-state index in [0.29, 0.717) is 18.0 Å². The monoisotopic (exact) mass is 333 g/mol. The Labute approximate surface area is 130 Å². The highest BCUT2D eigenvalue weighted by Gasteiger charge is 2.18. The SMILES string of the molecule is COCc1ccc(C(=O)NCCC(C)C)cc1S(=O)(=O)Cl. The zero-order valence-corrected chi connectivity index (χ0v) is 13.9. The Bertz CT molecular complexity index is 599. The van der Waals surface area contributed by atoms with E-state index >= 15 is 0 Å². The molecule has 1 aromatic carbocycles. The third kappa shape index (κ3) is 5.65. The second kappa shape index (κ2) is 7.77. The highest BCUT2D eigenvalue weighted by atomic mass is 35.7. The van der Waals surface area contributed by atoms with Crippen LogP contribution >= 0.6 is 10.7 Å². The molecule has 0 unspecified atom stereocenters. The molecule has 7 heteroatoms. The molecule has 0 saturated heterocycles. The molecule has 0 bridgehead atoms. The standard InChI is InChI=1S/C14H20ClNO4S/c1-10(2)6-7-16-14(17)11-4-5-12(9-20-3)13(8-11)21(15,18)19/h4-5,8,10H,6-7,9H2,1-3H3,(H,16,17). The average Bonchev–Trinajstić information content (AvgIpc) is 2.37. The van der Waals surface area contributed by atoms with Crippen LogP contribution in [0.2, 0.25) is 0 Å². The highest BCUT2D eigenvalue weighted by Crippen LogP contribution is 2.22. The topological polar surface area (TPSA) is 72.5 Å². The van der Waals surface area contributed by atoms with E-state index in [1.165, 1.54) is 19.2 Å². The Morgan fingerprint density at radius 3 is 2.57 bits per heavy atom. The molecule has 0 fully saturated rings. The zero-order chi connectivity index (χ0) is 16.0. The minimum absolute atomic E-state index is 0.0949. The summed E-state index contributed by atoms with van der Waals surface area (Å²) in [5, 5.41) is 2.75. The van der Waals surface area contributed by atoms with Gasteiger partial charge in [0.15, 0.2) is 0 Å². The number of carbonyl (C=O) groups is 1.